The van der Waals surface area contributed by atoms with Crippen molar-refractivity contribution in [3.05, 3.63) is 35.4 Å². The molecule has 2 N–H and O–H groups in total. The molecule has 2 rings (SSSR count). The Morgan fingerprint density at radius 1 is 1.11 bits per heavy atom. The molecule has 1 aromatic carbocycles. The summed E-state index contributed by atoms with van der Waals surface area (Å²) in [4.78, 5) is 0. The normalized spacial score (nSPS) is 23.4. The monoisotopic (exact) mass is 248 g/mol. The summed E-state index contributed by atoms with van der Waals surface area (Å²) < 4.78 is 0. The second-order valence-electron chi connectivity index (χ2n) is 5.37. The summed E-state index contributed by atoms with van der Waals surface area (Å²) in [5.41, 5.74) is 2.46. The van der Waals surface area contributed by atoms with Crippen molar-refractivity contribution in [1.29, 1.82) is 0 Å². The summed E-state index contributed by atoms with van der Waals surface area (Å²) in [7, 11) is 0. The van der Waals surface area contributed by atoms with E-state index in [4.69, 9.17) is 5.11 Å². The van der Waals surface area contributed by atoms with E-state index in [2.05, 4.69) is 18.2 Å². The summed E-state index contributed by atoms with van der Waals surface area (Å²) in [6.45, 7) is 0.288. The van der Waals surface area contributed by atoms with Gasteiger partial charge < -0.3 is 10.2 Å². The Morgan fingerprint density at radius 2 is 1.94 bits per heavy atom. The topological polar surface area (TPSA) is 40.5 Å². The van der Waals surface area contributed by atoms with Crippen molar-refractivity contribution >= 4 is 0 Å². The standard InChI is InChI=1S/C16H24O2/c17-12-5-1-2-8-14-10-6-9-13-7-3-4-11-15(13)16(14)18/h3-4,7,11,14,16-18H,1-2,5-6,8-10,12H2. The summed E-state index contributed by atoms with van der Waals surface area (Å²) in [5, 5.41) is 19.3. The molecule has 0 heterocycles. The van der Waals surface area contributed by atoms with Gasteiger partial charge in [0.05, 0.1) is 6.10 Å². The van der Waals surface area contributed by atoms with Gasteiger partial charge in [0.25, 0.3) is 0 Å². The SMILES string of the molecule is OCCCCCC1CCCc2ccccc2C1O. The van der Waals surface area contributed by atoms with Gasteiger partial charge in [-0.25, -0.2) is 0 Å². The van der Waals surface area contributed by atoms with E-state index < -0.39 is 0 Å². The van der Waals surface area contributed by atoms with Crippen molar-refractivity contribution in [2.75, 3.05) is 6.61 Å². The zero-order chi connectivity index (χ0) is 12.8. The Bertz CT molecular complexity index is 362. The highest BCUT2D eigenvalue weighted by Gasteiger charge is 2.25. The predicted molar refractivity (Wildman–Crippen MR) is 73.4 cm³/mol. The average Bonchev–Trinajstić information content (AvgIpc) is 2.56. The number of rotatable bonds is 5. The summed E-state index contributed by atoms with van der Waals surface area (Å²) in [6, 6.07) is 8.31. The summed E-state index contributed by atoms with van der Waals surface area (Å²) in [5.74, 6) is 0.396. The first-order valence-corrected chi connectivity index (χ1v) is 7.19. The Hall–Kier alpha value is -0.860. The second-order valence-corrected chi connectivity index (χ2v) is 5.37. The molecule has 1 aliphatic carbocycles. The molecule has 0 radical (unpaired) electrons. The largest absolute Gasteiger partial charge is 0.396 e. The van der Waals surface area contributed by atoms with Crippen LogP contribution in [0.5, 0.6) is 0 Å². The first-order valence-electron chi connectivity index (χ1n) is 7.19. The highest BCUT2D eigenvalue weighted by Crippen LogP contribution is 2.35. The second kappa shape index (κ2) is 6.91. The van der Waals surface area contributed by atoms with Gasteiger partial charge in [-0.15, -0.1) is 0 Å². The van der Waals surface area contributed by atoms with Gasteiger partial charge in [0.2, 0.25) is 0 Å². The maximum Gasteiger partial charge on any atom is 0.0820 e. The van der Waals surface area contributed by atoms with Gasteiger partial charge >= 0.3 is 0 Å². The fraction of sp³-hybridized carbons (Fsp3) is 0.625. The minimum atomic E-state index is -0.294. The predicted octanol–water partition coefficient (Wildman–Crippen LogP) is 3.23. The highest BCUT2D eigenvalue weighted by atomic mass is 16.3. The van der Waals surface area contributed by atoms with Crippen LogP contribution in [0, 0.1) is 5.92 Å². The molecule has 2 heteroatoms. The van der Waals surface area contributed by atoms with E-state index in [9.17, 15) is 5.11 Å². The van der Waals surface area contributed by atoms with Crippen molar-refractivity contribution in [2.24, 2.45) is 5.92 Å². The minimum absolute atomic E-state index is 0.288. The quantitative estimate of drug-likeness (QED) is 0.620. The molecule has 0 fully saturated rings. The van der Waals surface area contributed by atoms with E-state index in [1.165, 1.54) is 12.0 Å². The van der Waals surface area contributed by atoms with Crippen molar-refractivity contribution in [3.8, 4) is 0 Å². The average molecular weight is 248 g/mol. The third-order valence-corrected chi connectivity index (χ3v) is 4.07. The lowest BCUT2D eigenvalue weighted by Gasteiger charge is -2.21. The van der Waals surface area contributed by atoms with Crippen molar-refractivity contribution in [3.63, 3.8) is 0 Å². The zero-order valence-electron chi connectivity index (χ0n) is 11.0. The number of aryl methyl sites for hydroxylation is 1. The number of aliphatic hydroxyl groups excluding tert-OH is 2. The summed E-state index contributed by atoms with van der Waals surface area (Å²) in [6.07, 6.45) is 7.26. The van der Waals surface area contributed by atoms with Crippen LogP contribution in [0.2, 0.25) is 0 Å². The van der Waals surface area contributed by atoms with Gasteiger partial charge in [0, 0.05) is 6.61 Å². The maximum absolute atomic E-state index is 10.5. The van der Waals surface area contributed by atoms with Crippen molar-refractivity contribution < 1.29 is 10.2 Å². The van der Waals surface area contributed by atoms with E-state index in [1.54, 1.807) is 0 Å². The molecule has 2 atom stereocenters. The fourth-order valence-corrected chi connectivity index (χ4v) is 3.01. The Balaban J connectivity index is 1.97. The van der Waals surface area contributed by atoms with Crippen LogP contribution >= 0.6 is 0 Å². The maximum atomic E-state index is 10.5. The summed E-state index contributed by atoms with van der Waals surface area (Å²) >= 11 is 0. The molecule has 1 aromatic rings. The molecule has 18 heavy (non-hydrogen) atoms. The van der Waals surface area contributed by atoms with Gasteiger partial charge in [-0.3, -0.25) is 0 Å². The van der Waals surface area contributed by atoms with Gasteiger partial charge in [0.15, 0.2) is 0 Å². The highest BCUT2D eigenvalue weighted by molar-refractivity contribution is 5.30. The smallest absolute Gasteiger partial charge is 0.0820 e. The molecule has 0 spiro atoms. The Labute approximate surface area is 110 Å². The van der Waals surface area contributed by atoms with Crippen LogP contribution in [0.25, 0.3) is 0 Å². The molecule has 0 saturated heterocycles. The van der Waals surface area contributed by atoms with Crippen LogP contribution in [0.1, 0.15) is 55.8 Å². The fourth-order valence-electron chi connectivity index (χ4n) is 3.01. The third-order valence-electron chi connectivity index (χ3n) is 4.07. The van der Waals surface area contributed by atoms with E-state index in [0.717, 1.165) is 44.1 Å². The van der Waals surface area contributed by atoms with Crippen molar-refractivity contribution in [2.45, 2.75) is 51.0 Å². The lowest BCUT2D eigenvalue weighted by Crippen LogP contribution is -2.12. The lowest BCUT2D eigenvalue weighted by molar-refractivity contribution is 0.0977. The Morgan fingerprint density at radius 3 is 2.78 bits per heavy atom. The molecule has 100 valence electrons. The van der Waals surface area contributed by atoms with Crippen LogP contribution in [0.15, 0.2) is 24.3 Å². The molecule has 0 saturated carbocycles. The van der Waals surface area contributed by atoms with E-state index >= 15 is 0 Å². The van der Waals surface area contributed by atoms with Gasteiger partial charge in [-0.2, -0.15) is 0 Å². The lowest BCUT2D eigenvalue weighted by atomic mass is 9.89. The molecule has 2 unspecified atom stereocenters. The van der Waals surface area contributed by atoms with Crippen LogP contribution in [0.4, 0.5) is 0 Å². The van der Waals surface area contributed by atoms with E-state index in [0.29, 0.717) is 5.92 Å². The van der Waals surface area contributed by atoms with Crippen LogP contribution < -0.4 is 0 Å². The number of hydrogen-bond donors (Lipinski definition) is 2. The number of unbranched alkanes of at least 4 members (excludes halogenated alkanes) is 2. The molecule has 1 aliphatic rings. The van der Waals surface area contributed by atoms with E-state index in [1.807, 2.05) is 6.07 Å². The Kier molecular flexibility index (Phi) is 5.21. The third kappa shape index (κ3) is 3.33. The van der Waals surface area contributed by atoms with Crippen molar-refractivity contribution in [1.82, 2.24) is 0 Å². The number of benzene rings is 1. The van der Waals surface area contributed by atoms with Gasteiger partial charge in [-0.05, 0) is 49.1 Å². The number of fused-ring (bicyclic) bond motifs is 1. The number of aliphatic hydroxyl groups is 2. The van der Waals surface area contributed by atoms with Gasteiger partial charge in [0.1, 0.15) is 0 Å². The molecule has 0 amide bonds. The zero-order valence-corrected chi connectivity index (χ0v) is 11.0. The van der Waals surface area contributed by atoms with E-state index in [-0.39, 0.29) is 12.7 Å². The molecule has 0 aromatic heterocycles. The molecule has 0 bridgehead atoms. The van der Waals surface area contributed by atoms with Crippen LogP contribution in [-0.2, 0) is 6.42 Å². The molecular formula is C16H24O2. The van der Waals surface area contributed by atoms with Gasteiger partial charge in [-0.1, -0.05) is 37.1 Å². The molecule has 0 aliphatic heterocycles. The first-order chi connectivity index (χ1) is 8.83. The first kappa shape index (κ1) is 13.6. The molecule has 2 nitrogen and oxygen atoms in total. The molecular weight excluding hydrogens is 224 g/mol. The number of hydrogen-bond acceptors (Lipinski definition) is 2. The van der Waals surface area contributed by atoms with Crippen LogP contribution in [0.3, 0.4) is 0 Å². The minimum Gasteiger partial charge on any atom is -0.396 e. The van der Waals surface area contributed by atoms with Crippen LogP contribution in [-0.4, -0.2) is 16.8 Å².